The van der Waals surface area contributed by atoms with Crippen LogP contribution in [0.5, 0.6) is 0 Å². The smallest absolute Gasteiger partial charge is 0.159 e. The minimum atomic E-state index is -0.0458. The maximum Gasteiger partial charge on any atom is 0.159 e. The van der Waals surface area contributed by atoms with Crippen LogP contribution in [0.15, 0.2) is 174 Å². The molecule has 9 rings (SSSR count). The van der Waals surface area contributed by atoms with Gasteiger partial charge in [0.25, 0.3) is 0 Å². The van der Waals surface area contributed by atoms with Gasteiger partial charge in [0, 0.05) is 44.6 Å². The molecule has 3 nitrogen and oxygen atoms in total. The van der Waals surface area contributed by atoms with Crippen molar-refractivity contribution in [3.8, 4) is 11.1 Å². The molecular weight excluding hydrogens is 585 g/mol. The molecule has 0 fully saturated rings. The first-order valence-electron chi connectivity index (χ1n) is 16.5. The lowest BCUT2D eigenvalue weighted by Crippen LogP contribution is -2.15. The third-order valence-corrected chi connectivity index (χ3v) is 9.82. The number of fused-ring (bicyclic) bond motifs is 6. The molecule has 48 heavy (non-hydrogen) atoms. The highest BCUT2D eigenvalue weighted by molar-refractivity contribution is 6.10. The highest BCUT2D eigenvalue weighted by atomic mass is 16.3. The summed E-state index contributed by atoms with van der Waals surface area (Å²) in [7, 11) is 0. The van der Waals surface area contributed by atoms with E-state index in [4.69, 9.17) is 4.42 Å². The molecule has 0 aliphatic heterocycles. The van der Waals surface area contributed by atoms with E-state index in [2.05, 4.69) is 181 Å². The van der Waals surface area contributed by atoms with E-state index >= 15 is 0 Å². The summed E-state index contributed by atoms with van der Waals surface area (Å²) in [6.45, 7) is 4.66. The van der Waals surface area contributed by atoms with E-state index in [1.807, 2.05) is 12.1 Å². The Balaban J connectivity index is 1.23. The van der Waals surface area contributed by atoms with Crippen LogP contribution >= 0.6 is 0 Å². The standard InChI is InChI=1S/C45H34N2O/c1-45(2)40-24-11-9-21-36(40)39-30-35(27-28-41(39)45)46(31-15-5-3-6-16-31)33-19-13-20-34(29-33)47(32-17-7-4-8-18-32)42-25-14-23-38-37-22-10-12-26-43(37)48-44(38)42/h3-30H,1-2H3. The molecular formula is C45H34N2O. The Labute approximate surface area is 280 Å². The topological polar surface area (TPSA) is 19.6 Å². The number of rotatable bonds is 6. The van der Waals surface area contributed by atoms with Crippen molar-refractivity contribution in [2.75, 3.05) is 9.80 Å². The van der Waals surface area contributed by atoms with E-state index in [0.717, 1.165) is 56.1 Å². The average molecular weight is 619 g/mol. The van der Waals surface area contributed by atoms with Gasteiger partial charge in [-0.25, -0.2) is 0 Å². The number of benzene rings is 7. The molecule has 1 aliphatic carbocycles. The number of para-hydroxylation sites is 4. The fourth-order valence-corrected chi connectivity index (χ4v) is 7.56. The summed E-state index contributed by atoms with van der Waals surface area (Å²) in [5, 5.41) is 2.22. The molecule has 3 heteroatoms. The molecule has 230 valence electrons. The molecule has 0 saturated carbocycles. The van der Waals surface area contributed by atoms with Crippen LogP contribution in [-0.4, -0.2) is 0 Å². The quantitative estimate of drug-likeness (QED) is 0.185. The van der Waals surface area contributed by atoms with Crippen LogP contribution in [0.1, 0.15) is 25.0 Å². The van der Waals surface area contributed by atoms with Crippen molar-refractivity contribution in [1.29, 1.82) is 0 Å². The molecule has 1 aliphatic rings. The molecule has 8 aromatic rings. The van der Waals surface area contributed by atoms with Gasteiger partial charge in [0.2, 0.25) is 0 Å². The zero-order valence-electron chi connectivity index (χ0n) is 27.0. The molecule has 0 saturated heterocycles. The Hall–Kier alpha value is -6.06. The minimum Gasteiger partial charge on any atom is -0.454 e. The van der Waals surface area contributed by atoms with Crippen LogP contribution in [0, 0.1) is 0 Å². The third kappa shape index (κ3) is 4.43. The summed E-state index contributed by atoms with van der Waals surface area (Å²) >= 11 is 0. The Morgan fingerprint density at radius 1 is 0.417 bits per heavy atom. The molecule has 0 unspecified atom stereocenters. The number of furan rings is 1. The van der Waals surface area contributed by atoms with Crippen LogP contribution in [-0.2, 0) is 5.41 Å². The summed E-state index contributed by atoms with van der Waals surface area (Å²) in [4.78, 5) is 4.67. The predicted octanol–water partition coefficient (Wildman–Crippen LogP) is 12.8. The van der Waals surface area contributed by atoms with E-state index in [1.165, 1.54) is 22.3 Å². The first kappa shape index (κ1) is 28.2. The van der Waals surface area contributed by atoms with Crippen LogP contribution < -0.4 is 9.80 Å². The van der Waals surface area contributed by atoms with Crippen molar-refractivity contribution >= 4 is 56.1 Å². The Morgan fingerprint density at radius 2 is 0.979 bits per heavy atom. The third-order valence-electron chi connectivity index (χ3n) is 9.82. The zero-order valence-corrected chi connectivity index (χ0v) is 27.0. The van der Waals surface area contributed by atoms with Crippen LogP contribution in [0.4, 0.5) is 34.1 Å². The van der Waals surface area contributed by atoms with E-state index in [1.54, 1.807) is 0 Å². The molecule has 0 atom stereocenters. The van der Waals surface area contributed by atoms with Gasteiger partial charge in [0.15, 0.2) is 5.58 Å². The first-order chi connectivity index (χ1) is 23.6. The molecule has 0 spiro atoms. The summed E-state index contributed by atoms with van der Waals surface area (Å²) in [5.41, 5.74) is 13.5. The predicted molar refractivity (Wildman–Crippen MR) is 201 cm³/mol. The van der Waals surface area contributed by atoms with Gasteiger partial charge in [-0.05, 0) is 89.0 Å². The van der Waals surface area contributed by atoms with Gasteiger partial charge in [-0.2, -0.15) is 0 Å². The van der Waals surface area contributed by atoms with Gasteiger partial charge in [-0.15, -0.1) is 0 Å². The molecule has 1 aromatic heterocycles. The van der Waals surface area contributed by atoms with Crippen molar-refractivity contribution in [2.24, 2.45) is 0 Å². The minimum absolute atomic E-state index is 0.0458. The fourth-order valence-electron chi connectivity index (χ4n) is 7.56. The summed E-state index contributed by atoms with van der Waals surface area (Å²) in [6, 6.07) is 60.5. The second-order valence-electron chi connectivity index (χ2n) is 13.0. The Bertz CT molecular complexity index is 2440. The Morgan fingerprint density at radius 3 is 1.77 bits per heavy atom. The lowest BCUT2D eigenvalue weighted by Gasteiger charge is -2.30. The van der Waals surface area contributed by atoms with Crippen LogP contribution in [0.3, 0.4) is 0 Å². The van der Waals surface area contributed by atoms with Crippen molar-refractivity contribution in [3.05, 3.63) is 181 Å². The SMILES string of the molecule is CC1(C)c2ccccc2-c2cc(N(c3ccccc3)c3cccc(N(c4ccccc4)c4cccc5c4oc4ccccc45)c3)ccc21. The summed E-state index contributed by atoms with van der Waals surface area (Å²) < 4.78 is 6.56. The van der Waals surface area contributed by atoms with Crippen molar-refractivity contribution in [2.45, 2.75) is 19.3 Å². The number of hydrogen-bond donors (Lipinski definition) is 0. The highest BCUT2D eigenvalue weighted by Gasteiger charge is 2.35. The van der Waals surface area contributed by atoms with E-state index < -0.39 is 0 Å². The normalized spacial score (nSPS) is 13.0. The number of anilines is 6. The maximum absolute atomic E-state index is 6.56. The fraction of sp³-hybridized carbons (Fsp3) is 0.0667. The zero-order chi connectivity index (χ0) is 32.2. The lowest BCUT2D eigenvalue weighted by atomic mass is 9.82. The Kier molecular flexibility index (Phi) is 6.48. The molecule has 7 aromatic carbocycles. The lowest BCUT2D eigenvalue weighted by molar-refractivity contribution is 0.660. The van der Waals surface area contributed by atoms with Gasteiger partial charge in [-0.3, -0.25) is 0 Å². The second-order valence-corrected chi connectivity index (χ2v) is 13.0. The van der Waals surface area contributed by atoms with Crippen molar-refractivity contribution in [3.63, 3.8) is 0 Å². The summed E-state index contributed by atoms with van der Waals surface area (Å²) in [5.74, 6) is 0. The first-order valence-corrected chi connectivity index (χ1v) is 16.5. The van der Waals surface area contributed by atoms with E-state index in [0.29, 0.717) is 0 Å². The molecule has 1 heterocycles. The second kappa shape index (κ2) is 11.0. The van der Waals surface area contributed by atoms with Crippen LogP contribution in [0.2, 0.25) is 0 Å². The van der Waals surface area contributed by atoms with Crippen molar-refractivity contribution in [1.82, 2.24) is 0 Å². The largest absolute Gasteiger partial charge is 0.454 e. The highest BCUT2D eigenvalue weighted by Crippen LogP contribution is 2.51. The van der Waals surface area contributed by atoms with Gasteiger partial charge < -0.3 is 14.2 Å². The number of hydrogen-bond acceptors (Lipinski definition) is 3. The van der Waals surface area contributed by atoms with E-state index in [-0.39, 0.29) is 5.41 Å². The number of nitrogens with zero attached hydrogens (tertiary/aromatic N) is 2. The van der Waals surface area contributed by atoms with Gasteiger partial charge in [0.1, 0.15) is 5.58 Å². The summed E-state index contributed by atoms with van der Waals surface area (Å²) in [6.07, 6.45) is 0. The van der Waals surface area contributed by atoms with Gasteiger partial charge in [-0.1, -0.05) is 117 Å². The van der Waals surface area contributed by atoms with Gasteiger partial charge >= 0.3 is 0 Å². The molecule has 0 amide bonds. The molecule has 0 radical (unpaired) electrons. The van der Waals surface area contributed by atoms with Crippen LogP contribution in [0.25, 0.3) is 33.1 Å². The molecule has 0 bridgehead atoms. The maximum atomic E-state index is 6.56. The monoisotopic (exact) mass is 618 g/mol. The van der Waals surface area contributed by atoms with Gasteiger partial charge in [0.05, 0.1) is 5.69 Å². The van der Waals surface area contributed by atoms with Crippen molar-refractivity contribution < 1.29 is 4.42 Å². The van der Waals surface area contributed by atoms with E-state index in [9.17, 15) is 0 Å². The molecule has 0 N–H and O–H groups in total. The average Bonchev–Trinajstić information content (AvgIpc) is 3.62.